The molecular formula is C38H25NO. The van der Waals surface area contributed by atoms with Crippen LogP contribution in [-0.2, 0) is 0 Å². The van der Waals surface area contributed by atoms with Crippen molar-refractivity contribution in [2.24, 2.45) is 0 Å². The molecule has 2 heteroatoms. The summed E-state index contributed by atoms with van der Waals surface area (Å²) >= 11 is 0. The van der Waals surface area contributed by atoms with E-state index in [-0.39, 0.29) is 0 Å². The number of para-hydroxylation sites is 1. The second kappa shape index (κ2) is 9.14. The molecule has 0 aliphatic carbocycles. The van der Waals surface area contributed by atoms with Gasteiger partial charge in [0.1, 0.15) is 11.2 Å². The van der Waals surface area contributed by atoms with Gasteiger partial charge in [0.15, 0.2) is 0 Å². The second-order valence-corrected chi connectivity index (χ2v) is 10.3. The van der Waals surface area contributed by atoms with E-state index in [1.807, 2.05) is 18.2 Å². The van der Waals surface area contributed by atoms with Crippen molar-refractivity contribution in [2.45, 2.75) is 0 Å². The zero-order chi connectivity index (χ0) is 26.5. The van der Waals surface area contributed by atoms with Crippen LogP contribution in [0.3, 0.4) is 0 Å². The summed E-state index contributed by atoms with van der Waals surface area (Å²) in [5.41, 5.74) is 8.71. The van der Waals surface area contributed by atoms with E-state index in [0.717, 1.165) is 33.3 Å². The maximum absolute atomic E-state index is 6.08. The molecule has 0 bridgehead atoms. The van der Waals surface area contributed by atoms with Gasteiger partial charge in [-0.3, -0.25) is 0 Å². The van der Waals surface area contributed by atoms with Crippen molar-refractivity contribution in [2.75, 3.05) is 5.32 Å². The van der Waals surface area contributed by atoms with E-state index in [1.54, 1.807) is 0 Å². The Morgan fingerprint density at radius 1 is 0.375 bits per heavy atom. The summed E-state index contributed by atoms with van der Waals surface area (Å²) in [6.07, 6.45) is 0. The first kappa shape index (κ1) is 22.6. The highest BCUT2D eigenvalue weighted by molar-refractivity contribution is 6.06. The molecule has 0 radical (unpaired) electrons. The molecule has 0 atom stereocenters. The van der Waals surface area contributed by atoms with Gasteiger partial charge in [0.25, 0.3) is 0 Å². The fourth-order valence-electron chi connectivity index (χ4n) is 5.78. The van der Waals surface area contributed by atoms with Gasteiger partial charge in [0.05, 0.1) is 0 Å². The lowest BCUT2D eigenvalue weighted by molar-refractivity contribution is 0.669. The van der Waals surface area contributed by atoms with Crippen LogP contribution in [0.2, 0.25) is 0 Å². The molecule has 40 heavy (non-hydrogen) atoms. The Morgan fingerprint density at radius 3 is 1.73 bits per heavy atom. The first-order valence-corrected chi connectivity index (χ1v) is 13.6. The fourth-order valence-corrected chi connectivity index (χ4v) is 5.78. The maximum Gasteiger partial charge on any atom is 0.137 e. The number of furan rings is 1. The highest BCUT2D eigenvalue weighted by Gasteiger charge is 2.12. The number of hydrogen-bond donors (Lipinski definition) is 1. The highest BCUT2D eigenvalue weighted by atomic mass is 16.3. The van der Waals surface area contributed by atoms with Crippen LogP contribution < -0.4 is 5.32 Å². The van der Waals surface area contributed by atoms with Crippen LogP contribution >= 0.6 is 0 Å². The van der Waals surface area contributed by atoms with Crippen LogP contribution in [0.25, 0.3) is 65.7 Å². The van der Waals surface area contributed by atoms with Crippen LogP contribution in [0.4, 0.5) is 11.4 Å². The minimum Gasteiger partial charge on any atom is -0.456 e. The van der Waals surface area contributed by atoms with Crippen molar-refractivity contribution in [3.63, 3.8) is 0 Å². The highest BCUT2D eigenvalue weighted by Crippen LogP contribution is 2.38. The van der Waals surface area contributed by atoms with E-state index >= 15 is 0 Å². The quantitative estimate of drug-likeness (QED) is 0.254. The van der Waals surface area contributed by atoms with Crippen LogP contribution in [0.15, 0.2) is 150 Å². The largest absolute Gasteiger partial charge is 0.456 e. The summed E-state index contributed by atoms with van der Waals surface area (Å²) in [6, 6.07) is 51.7. The lowest BCUT2D eigenvalue weighted by Gasteiger charge is -2.14. The third-order valence-corrected chi connectivity index (χ3v) is 7.81. The van der Waals surface area contributed by atoms with Crippen molar-refractivity contribution < 1.29 is 4.42 Å². The lowest BCUT2D eigenvalue weighted by atomic mass is 9.90. The van der Waals surface area contributed by atoms with Gasteiger partial charge in [0, 0.05) is 28.2 Å². The summed E-state index contributed by atoms with van der Waals surface area (Å²) in [4.78, 5) is 0. The fraction of sp³-hybridized carbons (Fsp3) is 0. The summed E-state index contributed by atoms with van der Waals surface area (Å²) in [5, 5.41) is 10.8. The van der Waals surface area contributed by atoms with Gasteiger partial charge in [-0.15, -0.1) is 0 Å². The van der Waals surface area contributed by atoms with Crippen molar-refractivity contribution in [1.29, 1.82) is 0 Å². The Hall–Kier alpha value is -5.34. The molecule has 7 aromatic carbocycles. The zero-order valence-electron chi connectivity index (χ0n) is 21.8. The van der Waals surface area contributed by atoms with E-state index in [4.69, 9.17) is 4.42 Å². The smallest absolute Gasteiger partial charge is 0.137 e. The Balaban J connectivity index is 1.17. The average Bonchev–Trinajstić information content (AvgIpc) is 3.38. The summed E-state index contributed by atoms with van der Waals surface area (Å²) in [5.74, 6) is 0. The van der Waals surface area contributed by atoms with Gasteiger partial charge >= 0.3 is 0 Å². The number of anilines is 2. The second-order valence-electron chi connectivity index (χ2n) is 10.3. The third kappa shape index (κ3) is 3.90. The molecule has 2 nitrogen and oxygen atoms in total. The summed E-state index contributed by atoms with van der Waals surface area (Å²) < 4.78 is 6.08. The van der Waals surface area contributed by atoms with Gasteiger partial charge in [-0.2, -0.15) is 0 Å². The van der Waals surface area contributed by atoms with E-state index < -0.39 is 0 Å². The lowest BCUT2D eigenvalue weighted by Crippen LogP contribution is -1.91. The molecule has 1 aromatic heterocycles. The SMILES string of the molecule is c1ccc2cc(-c3cc4ccccc4cc3-c3ccc(Nc4ccc5c(c4)oc4ccccc45)cc3)ccc2c1. The van der Waals surface area contributed by atoms with Gasteiger partial charge in [-0.25, -0.2) is 0 Å². The van der Waals surface area contributed by atoms with Crippen LogP contribution in [0.5, 0.6) is 0 Å². The van der Waals surface area contributed by atoms with Crippen LogP contribution in [0.1, 0.15) is 0 Å². The maximum atomic E-state index is 6.08. The molecule has 8 aromatic rings. The minimum atomic E-state index is 0.888. The molecule has 0 saturated heterocycles. The number of hydrogen-bond acceptors (Lipinski definition) is 2. The molecule has 0 spiro atoms. The van der Waals surface area contributed by atoms with Crippen molar-refractivity contribution in [3.8, 4) is 22.3 Å². The molecular weight excluding hydrogens is 486 g/mol. The normalized spacial score (nSPS) is 11.5. The van der Waals surface area contributed by atoms with Crippen molar-refractivity contribution >= 4 is 54.9 Å². The van der Waals surface area contributed by atoms with Gasteiger partial charge in [-0.05, 0) is 92.3 Å². The molecule has 0 unspecified atom stereocenters. The topological polar surface area (TPSA) is 25.2 Å². The molecule has 188 valence electrons. The van der Waals surface area contributed by atoms with Crippen LogP contribution in [0, 0.1) is 0 Å². The van der Waals surface area contributed by atoms with Gasteiger partial charge in [-0.1, -0.05) is 91.0 Å². The average molecular weight is 512 g/mol. The number of nitrogens with one attached hydrogen (secondary N) is 1. The van der Waals surface area contributed by atoms with E-state index in [9.17, 15) is 0 Å². The van der Waals surface area contributed by atoms with Crippen LogP contribution in [-0.4, -0.2) is 0 Å². The predicted molar refractivity (Wildman–Crippen MR) is 169 cm³/mol. The van der Waals surface area contributed by atoms with E-state index in [1.165, 1.54) is 43.8 Å². The molecule has 0 aliphatic rings. The third-order valence-electron chi connectivity index (χ3n) is 7.81. The monoisotopic (exact) mass is 511 g/mol. The first-order chi connectivity index (χ1) is 19.8. The Kier molecular flexibility index (Phi) is 5.17. The van der Waals surface area contributed by atoms with Crippen molar-refractivity contribution in [3.05, 3.63) is 146 Å². The Labute approximate surface area is 232 Å². The molecule has 1 heterocycles. The standard InChI is InChI=1S/C38H25NO/c1-2-8-27-21-30(14-13-25(27)7-1)36-23-29-10-4-3-9-28(29)22-35(36)26-15-17-31(18-16-26)39-32-19-20-34-33-11-5-6-12-37(33)40-38(34)24-32/h1-24,39H. The predicted octanol–water partition coefficient (Wildman–Crippen LogP) is 11.0. The zero-order valence-corrected chi connectivity index (χ0v) is 21.8. The molecule has 1 N–H and O–H groups in total. The molecule has 0 amide bonds. The van der Waals surface area contributed by atoms with Gasteiger partial charge < -0.3 is 9.73 Å². The number of rotatable bonds is 4. The number of fused-ring (bicyclic) bond motifs is 5. The summed E-state index contributed by atoms with van der Waals surface area (Å²) in [6.45, 7) is 0. The molecule has 0 fully saturated rings. The first-order valence-electron chi connectivity index (χ1n) is 13.6. The Morgan fingerprint density at radius 2 is 0.950 bits per heavy atom. The Bertz CT molecular complexity index is 2190. The summed E-state index contributed by atoms with van der Waals surface area (Å²) in [7, 11) is 0. The molecule has 0 aliphatic heterocycles. The van der Waals surface area contributed by atoms with Gasteiger partial charge in [0.2, 0.25) is 0 Å². The molecule has 8 rings (SSSR count). The van der Waals surface area contributed by atoms with Crippen molar-refractivity contribution in [1.82, 2.24) is 0 Å². The van der Waals surface area contributed by atoms with E-state index in [2.05, 4.69) is 133 Å². The van der Waals surface area contributed by atoms with E-state index in [0.29, 0.717) is 0 Å². The minimum absolute atomic E-state index is 0.888. The molecule has 0 saturated carbocycles. The number of benzene rings is 7.